The van der Waals surface area contributed by atoms with E-state index in [9.17, 15) is 4.79 Å². The summed E-state index contributed by atoms with van der Waals surface area (Å²) < 4.78 is 5.56. The molecule has 1 fully saturated rings. The first-order valence-corrected chi connectivity index (χ1v) is 7.45. The molecule has 1 aromatic carbocycles. The van der Waals surface area contributed by atoms with Gasteiger partial charge in [0.1, 0.15) is 0 Å². The van der Waals surface area contributed by atoms with Crippen LogP contribution in [0.1, 0.15) is 24.5 Å². The third-order valence-corrected chi connectivity index (χ3v) is 4.30. The van der Waals surface area contributed by atoms with E-state index >= 15 is 0 Å². The fraction of sp³-hybridized carbons (Fsp3) is 0.562. The number of ether oxygens (including phenoxy) is 1. The molecule has 5 heteroatoms. The zero-order valence-electron chi connectivity index (χ0n) is 12.8. The first kappa shape index (κ1) is 15.9. The van der Waals surface area contributed by atoms with Crippen LogP contribution in [0.4, 0.5) is 0 Å². The number of benzene rings is 1. The Balaban J connectivity index is 2.04. The summed E-state index contributed by atoms with van der Waals surface area (Å²) in [6.45, 7) is 5.10. The number of piperidine rings is 1. The van der Waals surface area contributed by atoms with Crippen LogP contribution in [0.2, 0.25) is 0 Å². The van der Waals surface area contributed by atoms with Crippen LogP contribution in [0.3, 0.4) is 0 Å². The molecule has 0 aromatic heterocycles. The lowest BCUT2D eigenvalue weighted by molar-refractivity contribution is -0.120. The lowest BCUT2D eigenvalue weighted by atomic mass is 9.95. The molecule has 21 heavy (non-hydrogen) atoms. The quantitative estimate of drug-likeness (QED) is 0.484. The fourth-order valence-corrected chi connectivity index (χ4v) is 2.90. The zero-order chi connectivity index (χ0) is 15.2. The van der Waals surface area contributed by atoms with Gasteiger partial charge in [-0.25, -0.2) is 5.84 Å². The third kappa shape index (κ3) is 4.27. The molecule has 0 bridgehead atoms. The standard InChI is InChI=1S/C16H25N3O2/c1-12-7-8-19(11-15(12)21-2)10-14-6-4-3-5-13(14)9-16(20)18-17/h3-6,12,15H,7-11,17H2,1-2H3,(H,18,20). The van der Waals surface area contributed by atoms with Gasteiger partial charge in [0, 0.05) is 20.2 Å². The number of rotatable bonds is 5. The summed E-state index contributed by atoms with van der Waals surface area (Å²) in [7, 11) is 1.78. The molecule has 0 radical (unpaired) electrons. The Hall–Kier alpha value is -1.43. The molecule has 1 amide bonds. The molecule has 1 heterocycles. The van der Waals surface area contributed by atoms with E-state index in [1.807, 2.05) is 18.2 Å². The smallest absolute Gasteiger partial charge is 0.238 e. The highest BCUT2D eigenvalue weighted by Crippen LogP contribution is 2.22. The van der Waals surface area contributed by atoms with Gasteiger partial charge in [-0.1, -0.05) is 31.2 Å². The van der Waals surface area contributed by atoms with Crippen molar-refractivity contribution in [3.8, 4) is 0 Å². The second-order valence-electron chi connectivity index (χ2n) is 5.79. The largest absolute Gasteiger partial charge is 0.380 e. The maximum atomic E-state index is 11.5. The number of nitrogens with one attached hydrogen (secondary N) is 1. The predicted molar refractivity (Wildman–Crippen MR) is 82.3 cm³/mol. The Morgan fingerprint density at radius 2 is 2.14 bits per heavy atom. The van der Waals surface area contributed by atoms with Gasteiger partial charge in [-0.2, -0.15) is 0 Å². The molecule has 1 aliphatic heterocycles. The Bertz CT molecular complexity index is 478. The Morgan fingerprint density at radius 3 is 2.81 bits per heavy atom. The van der Waals surface area contributed by atoms with Gasteiger partial charge < -0.3 is 4.74 Å². The summed E-state index contributed by atoms with van der Waals surface area (Å²) in [6, 6.07) is 8.04. The molecular weight excluding hydrogens is 266 g/mol. The van der Waals surface area contributed by atoms with Crippen molar-refractivity contribution in [2.24, 2.45) is 11.8 Å². The summed E-state index contributed by atoms with van der Waals surface area (Å²) >= 11 is 0. The van der Waals surface area contributed by atoms with Gasteiger partial charge in [0.25, 0.3) is 0 Å². The minimum atomic E-state index is -0.163. The first-order valence-electron chi connectivity index (χ1n) is 7.45. The normalized spacial score (nSPS) is 23.0. The summed E-state index contributed by atoms with van der Waals surface area (Å²) in [6.07, 6.45) is 1.76. The highest BCUT2D eigenvalue weighted by atomic mass is 16.5. The van der Waals surface area contributed by atoms with Gasteiger partial charge in [0.05, 0.1) is 12.5 Å². The van der Waals surface area contributed by atoms with Gasteiger partial charge in [-0.15, -0.1) is 0 Å². The molecule has 1 aliphatic rings. The van der Waals surface area contributed by atoms with E-state index in [4.69, 9.17) is 10.6 Å². The molecule has 2 unspecified atom stereocenters. The molecule has 1 saturated heterocycles. The molecule has 2 atom stereocenters. The van der Waals surface area contributed by atoms with Crippen LogP contribution in [-0.4, -0.2) is 37.1 Å². The van der Waals surface area contributed by atoms with E-state index in [1.165, 1.54) is 5.56 Å². The van der Waals surface area contributed by atoms with Gasteiger partial charge >= 0.3 is 0 Å². The maximum absolute atomic E-state index is 11.5. The van der Waals surface area contributed by atoms with E-state index in [1.54, 1.807) is 7.11 Å². The SMILES string of the molecule is COC1CN(Cc2ccccc2CC(=O)NN)CCC1C. The van der Waals surface area contributed by atoms with E-state index in [0.29, 0.717) is 18.4 Å². The molecule has 0 aliphatic carbocycles. The number of nitrogens with two attached hydrogens (primary N) is 1. The number of carbonyl (C=O) groups excluding carboxylic acids is 1. The first-order chi connectivity index (χ1) is 10.1. The van der Waals surface area contributed by atoms with Crippen molar-refractivity contribution in [2.45, 2.75) is 32.4 Å². The summed E-state index contributed by atoms with van der Waals surface area (Å²) in [4.78, 5) is 13.9. The van der Waals surface area contributed by atoms with Crippen LogP contribution in [0.15, 0.2) is 24.3 Å². The van der Waals surface area contributed by atoms with Crippen molar-refractivity contribution in [3.63, 3.8) is 0 Å². The molecule has 116 valence electrons. The van der Waals surface area contributed by atoms with E-state index < -0.39 is 0 Å². The fourth-order valence-electron chi connectivity index (χ4n) is 2.90. The lowest BCUT2D eigenvalue weighted by Gasteiger charge is -2.36. The van der Waals surface area contributed by atoms with Gasteiger partial charge in [0.15, 0.2) is 0 Å². The minimum Gasteiger partial charge on any atom is -0.380 e. The third-order valence-electron chi connectivity index (χ3n) is 4.30. The number of carbonyl (C=O) groups is 1. The van der Waals surface area contributed by atoms with Crippen molar-refractivity contribution in [3.05, 3.63) is 35.4 Å². The topological polar surface area (TPSA) is 67.6 Å². The van der Waals surface area contributed by atoms with Gasteiger partial charge in [-0.3, -0.25) is 15.1 Å². The summed E-state index contributed by atoms with van der Waals surface area (Å²) in [5.74, 6) is 5.62. The molecule has 0 saturated carbocycles. The van der Waals surface area contributed by atoms with E-state index in [2.05, 4.69) is 23.3 Å². The predicted octanol–water partition coefficient (Wildman–Crippen LogP) is 1.08. The number of nitrogens with zero attached hydrogens (tertiary/aromatic N) is 1. The van der Waals surface area contributed by atoms with Crippen LogP contribution in [0.25, 0.3) is 0 Å². The number of likely N-dealkylation sites (tertiary alicyclic amines) is 1. The monoisotopic (exact) mass is 291 g/mol. The average molecular weight is 291 g/mol. The zero-order valence-corrected chi connectivity index (χ0v) is 12.8. The minimum absolute atomic E-state index is 0.163. The van der Waals surface area contributed by atoms with Crippen LogP contribution < -0.4 is 11.3 Å². The van der Waals surface area contributed by atoms with E-state index in [0.717, 1.165) is 31.6 Å². The highest BCUT2D eigenvalue weighted by molar-refractivity contribution is 5.78. The lowest BCUT2D eigenvalue weighted by Crippen LogP contribution is -2.43. The molecule has 5 nitrogen and oxygen atoms in total. The van der Waals surface area contributed by atoms with Crippen molar-refractivity contribution < 1.29 is 9.53 Å². The molecule has 2 rings (SSSR count). The number of hydrazine groups is 1. The van der Waals surface area contributed by atoms with Gasteiger partial charge in [0.2, 0.25) is 5.91 Å². The number of methoxy groups -OCH3 is 1. The number of hydrogen-bond acceptors (Lipinski definition) is 4. The van der Waals surface area contributed by atoms with Crippen molar-refractivity contribution >= 4 is 5.91 Å². The van der Waals surface area contributed by atoms with Crippen LogP contribution in [0, 0.1) is 5.92 Å². The average Bonchev–Trinajstić information content (AvgIpc) is 2.51. The van der Waals surface area contributed by atoms with Crippen molar-refractivity contribution in [1.82, 2.24) is 10.3 Å². The summed E-state index contributed by atoms with van der Waals surface area (Å²) in [5.41, 5.74) is 4.41. The second kappa shape index (κ2) is 7.54. The molecule has 1 aromatic rings. The van der Waals surface area contributed by atoms with Crippen molar-refractivity contribution in [1.29, 1.82) is 0 Å². The maximum Gasteiger partial charge on any atom is 0.238 e. The van der Waals surface area contributed by atoms with Crippen molar-refractivity contribution in [2.75, 3.05) is 20.2 Å². The Labute approximate surface area is 126 Å². The Morgan fingerprint density at radius 1 is 1.43 bits per heavy atom. The Kier molecular flexibility index (Phi) is 5.73. The molecule has 3 N–H and O–H groups in total. The second-order valence-corrected chi connectivity index (χ2v) is 5.79. The highest BCUT2D eigenvalue weighted by Gasteiger charge is 2.26. The van der Waals surface area contributed by atoms with Crippen LogP contribution in [0.5, 0.6) is 0 Å². The summed E-state index contributed by atoms with van der Waals surface area (Å²) in [5, 5.41) is 0. The van der Waals surface area contributed by atoms with E-state index in [-0.39, 0.29) is 5.91 Å². The van der Waals surface area contributed by atoms with Gasteiger partial charge in [-0.05, 0) is 30.0 Å². The van der Waals surface area contributed by atoms with Crippen LogP contribution in [-0.2, 0) is 22.5 Å². The number of amides is 1. The number of hydrogen-bond donors (Lipinski definition) is 2. The molecular formula is C16H25N3O2. The molecule has 0 spiro atoms. The van der Waals surface area contributed by atoms with Crippen LogP contribution >= 0.6 is 0 Å².